The van der Waals surface area contributed by atoms with Crippen LogP contribution in [0.2, 0.25) is 5.02 Å². The fourth-order valence-corrected chi connectivity index (χ4v) is 3.66. The first-order valence-corrected chi connectivity index (χ1v) is 8.09. The minimum atomic E-state index is -1.39. The highest BCUT2D eigenvalue weighted by Gasteiger charge is 2.24. The van der Waals surface area contributed by atoms with E-state index in [4.69, 9.17) is 46.4 Å². The number of benzene rings is 1. The van der Waals surface area contributed by atoms with Crippen LogP contribution in [0.15, 0.2) is 29.1 Å². The summed E-state index contributed by atoms with van der Waals surface area (Å²) in [6, 6.07) is 7.37. The Kier molecular flexibility index (Phi) is 5.09. The van der Waals surface area contributed by atoms with Crippen molar-refractivity contribution in [3.8, 4) is 0 Å². The average molecular weight is 371 g/mol. The van der Waals surface area contributed by atoms with Crippen molar-refractivity contribution in [1.82, 2.24) is 4.57 Å². The molecule has 0 saturated carbocycles. The standard InChI is InChI=1S/C13H11Cl4NOS/c1-8-11(6-13(15,16)17)20-12(19)18(8)7-9-2-4-10(14)5-3-9/h2-5H,6-7H2,1H3. The highest BCUT2D eigenvalue weighted by molar-refractivity contribution is 7.09. The maximum Gasteiger partial charge on any atom is 0.307 e. The van der Waals surface area contributed by atoms with Gasteiger partial charge in [-0.2, -0.15) is 0 Å². The van der Waals surface area contributed by atoms with Gasteiger partial charge in [0, 0.05) is 22.0 Å². The zero-order valence-corrected chi connectivity index (χ0v) is 14.3. The summed E-state index contributed by atoms with van der Waals surface area (Å²) in [5.41, 5.74) is 1.83. The molecule has 0 spiro atoms. The molecule has 0 radical (unpaired) electrons. The normalized spacial score (nSPS) is 11.8. The van der Waals surface area contributed by atoms with E-state index in [1.54, 1.807) is 16.7 Å². The van der Waals surface area contributed by atoms with Crippen LogP contribution in [0.5, 0.6) is 0 Å². The van der Waals surface area contributed by atoms with Crippen molar-refractivity contribution < 1.29 is 0 Å². The molecule has 2 rings (SSSR count). The van der Waals surface area contributed by atoms with Gasteiger partial charge in [0.25, 0.3) is 0 Å². The van der Waals surface area contributed by atoms with Gasteiger partial charge in [-0.3, -0.25) is 9.36 Å². The van der Waals surface area contributed by atoms with Crippen molar-refractivity contribution in [1.29, 1.82) is 0 Å². The van der Waals surface area contributed by atoms with E-state index in [1.807, 2.05) is 19.1 Å². The molecule has 0 amide bonds. The van der Waals surface area contributed by atoms with Gasteiger partial charge in [-0.05, 0) is 24.6 Å². The summed E-state index contributed by atoms with van der Waals surface area (Å²) in [5, 5.41) is 0.667. The lowest BCUT2D eigenvalue weighted by Crippen LogP contribution is -2.15. The topological polar surface area (TPSA) is 22.0 Å². The van der Waals surface area contributed by atoms with Crippen molar-refractivity contribution in [3.63, 3.8) is 0 Å². The number of halogens is 4. The Morgan fingerprint density at radius 3 is 2.35 bits per heavy atom. The third kappa shape index (κ3) is 4.15. The summed E-state index contributed by atoms with van der Waals surface area (Å²) in [5.74, 6) is 0. The molecule has 0 N–H and O–H groups in total. The number of hydrogen-bond acceptors (Lipinski definition) is 2. The first-order chi connectivity index (χ1) is 9.26. The Morgan fingerprint density at radius 2 is 1.80 bits per heavy atom. The second-order valence-corrected chi connectivity index (χ2v) is 8.38. The summed E-state index contributed by atoms with van der Waals surface area (Å²) >= 11 is 24.3. The van der Waals surface area contributed by atoms with Crippen molar-refractivity contribution >= 4 is 57.7 Å². The van der Waals surface area contributed by atoms with E-state index in [-0.39, 0.29) is 11.3 Å². The van der Waals surface area contributed by atoms with Gasteiger partial charge in [0.2, 0.25) is 0 Å². The molecule has 2 nitrogen and oxygen atoms in total. The first kappa shape index (κ1) is 16.2. The second kappa shape index (κ2) is 6.29. The second-order valence-electron chi connectivity index (χ2n) is 4.38. The molecule has 1 heterocycles. The summed E-state index contributed by atoms with van der Waals surface area (Å²) in [6.45, 7) is 2.34. The van der Waals surface area contributed by atoms with Crippen LogP contribution in [0.4, 0.5) is 0 Å². The van der Waals surface area contributed by atoms with Crippen LogP contribution in [0, 0.1) is 6.92 Å². The van der Waals surface area contributed by atoms with Gasteiger partial charge in [0.1, 0.15) is 0 Å². The summed E-state index contributed by atoms with van der Waals surface area (Å²) in [7, 11) is 0. The molecule has 7 heteroatoms. The number of thiazole rings is 1. The van der Waals surface area contributed by atoms with Gasteiger partial charge >= 0.3 is 4.87 Å². The smallest absolute Gasteiger partial charge is 0.299 e. The van der Waals surface area contributed by atoms with E-state index in [0.29, 0.717) is 11.6 Å². The highest BCUT2D eigenvalue weighted by atomic mass is 35.6. The third-order valence-electron chi connectivity index (χ3n) is 2.85. The first-order valence-electron chi connectivity index (χ1n) is 5.76. The van der Waals surface area contributed by atoms with E-state index < -0.39 is 3.79 Å². The third-order valence-corrected chi connectivity index (χ3v) is 4.59. The fraction of sp³-hybridized carbons (Fsp3) is 0.308. The van der Waals surface area contributed by atoms with E-state index in [1.165, 1.54) is 0 Å². The van der Waals surface area contributed by atoms with Crippen LogP contribution >= 0.6 is 57.7 Å². The zero-order valence-electron chi connectivity index (χ0n) is 10.5. The molecular weight excluding hydrogens is 360 g/mol. The lowest BCUT2D eigenvalue weighted by Gasteiger charge is -2.10. The predicted octanol–water partition coefficient (Wildman–Crippen LogP) is 4.83. The summed E-state index contributed by atoms with van der Waals surface area (Å²) < 4.78 is 0.291. The van der Waals surface area contributed by atoms with E-state index in [9.17, 15) is 4.79 Å². The van der Waals surface area contributed by atoms with Crippen molar-refractivity contribution in [2.24, 2.45) is 0 Å². The molecule has 0 aliphatic rings. The van der Waals surface area contributed by atoms with Crippen LogP contribution in [-0.4, -0.2) is 8.36 Å². The Bertz CT molecular complexity index is 654. The van der Waals surface area contributed by atoms with Crippen LogP contribution in [0.3, 0.4) is 0 Å². The molecule has 0 atom stereocenters. The van der Waals surface area contributed by atoms with Gasteiger partial charge < -0.3 is 0 Å². The zero-order chi connectivity index (χ0) is 14.9. The van der Waals surface area contributed by atoms with Gasteiger partial charge in [0.05, 0.1) is 6.54 Å². The molecule has 108 valence electrons. The summed E-state index contributed by atoms with van der Waals surface area (Å²) in [6.07, 6.45) is 0.233. The van der Waals surface area contributed by atoms with Gasteiger partial charge in [0.15, 0.2) is 3.79 Å². The largest absolute Gasteiger partial charge is 0.307 e. The molecule has 0 fully saturated rings. The molecular formula is C13H11Cl4NOS. The Labute approximate surface area is 140 Å². The monoisotopic (exact) mass is 369 g/mol. The van der Waals surface area contributed by atoms with Crippen molar-refractivity contribution in [2.75, 3.05) is 0 Å². The van der Waals surface area contributed by atoms with Crippen LogP contribution in [0.25, 0.3) is 0 Å². The Balaban J connectivity index is 2.29. The molecule has 20 heavy (non-hydrogen) atoms. The minimum absolute atomic E-state index is 0.0540. The lowest BCUT2D eigenvalue weighted by molar-refractivity contribution is 0.746. The average Bonchev–Trinajstić information content (AvgIpc) is 2.57. The van der Waals surface area contributed by atoms with Crippen LogP contribution < -0.4 is 4.87 Å². The fourth-order valence-electron chi connectivity index (χ4n) is 1.82. The number of rotatable bonds is 3. The molecule has 0 unspecified atom stereocenters. The number of hydrogen-bond donors (Lipinski definition) is 0. The molecule has 1 aromatic heterocycles. The minimum Gasteiger partial charge on any atom is -0.299 e. The maximum absolute atomic E-state index is 12.0. The maximum atomic E-state index is 12.0. The van der Waals surface area contributed by atoms with E-state index >= 15 is 0 Å². The van der Waals surface area contributed by atoms with Crippen molar-refractivity contribution in [2.45, 2.75) is 23.7 Å². The van der Waals surface area contributed by atoms with E-state index in [0.717, 1.165) is 27.5 Å². The summed E-state index contributed by atoms with van der Waals surface area (Å²) in [4.78, 5) is 12.8. The molecule has 2 aromatic rings. The Hall–Kier alpha value is -0.190. The van der Waals surface area contributed by atoms with Gasteiger partial charge in [-0.25, -0.2) is 0 Å². The number of aromatic nitrogens is 1. The van der Waals surface area contributed by atoms with Gasteiger partial charge in [-0.15, -0.1) is 0 Å². The Morgan fingerprint density at radius 1 is 1.20 bits per heavy atom. The lowest BCUT2D eigenvalue weighted by atomic mass is 10.2. The molecule has 0 aliphatic carbocycles. The SMILES string of the molecule is Cc1c(CC(Cl)(Cl)Cl)sc(=O)n1Cc1ccc(Cl)cc1. The molecule has 0 saturated heterocycles. The molecule has 0 bridgehead atoms. The quantitative estimate of drug-likeness (QED) is 0.709. The predicted molar refractivity (Wildman–Crippen MR) is 87.9 cm³/mol. The highest BCUT2D eigenvalue weighted by Crippen LogP contribution is 2.32. The van der Waals surface area contributed by atoms with Crippen molar-refractivity contribution in [3.05, 3.63) is 55.1 Å². The number of nitrogens with zero attached hydrogens (tertiary/aromatic N) is 1. The van der Waals surface area contributed by atoms with Crippen LogP contribution in [0.1, 0.15) is 16.1 Å². The van der Waals surface area contributed by atoms with E-state index in [2.05, 4.69) is 0 Å². The van der Waals surface area contributed by atoms with Gasteiger partial charge in [-0.1, -0.05) is 69.9 Å². The molecule has 1 aromatic carbocycles. The number of alkyl halides is 3. The van der Waals surface area contributed by atoms with Crippen LogP contribution in [-0.2, 0) is 13.0 Å². The molecule has 0 aliphatic heterocycles.